The molecule has 0 fully saturated rings. The molecule has 0 saturated heterocycles. The van der Waals surface area contributed by atoms with E-state index in [4.69, 9.17) is 9.84 Å². The number of hydrazone groups is 1. The number of anilines is 2. The van der Waals surface area contributed by atoms with Crippen LogP contribution < -0.4 is 15.6 Å². The summed E-state index contributed by atoms with van der Waals surface area (Å²) in [6.07, 6.45) is 0.874. The number of methoxy groups -OCH3 is 1. The van der Waals surface area contributed by atoms with Gasteiger partial charge in [0.25, 0.3) is 0 Å². The van der Waals surface area contributed by atoms with Gasteiger partial charge in [0.15, 0.2) is 0 Å². The smallest absolute Gasteiger partial charge is 0.119 e. The largest absolute Gasteiger partial charge is 0.497 e. The standard InChI is InChI=1S/C23H24N4O/c1-27-23(18-7-6-10-21(15-18)28-2)16-22(26-27)17-11-13-20(14-12-17)25-24-19-8-4-3-5-9-19/h3-15,23-25H,16H2,1-2H3. The molecule has 0 radical (unpaired) electrons. The molecule has 0 aliphatic carbocycles. The molecule has 3 aromatic carbocycles. The number of hydrazine groups is 1. The van der Waals surface area contributed by atoms with Gasteiger partial charge in [-0.3, -0.25) is 5.01 Å². The van der Waals surface area contributed by atoms with Crippen molar-refractivity contribution < 1.29 is 4.74 Å². The minimum absolute atomic E-state index is 0.225. The number of para-hydroxylation sites is 1. The Kier molecular flexibility index (Phi) is 5.15. The Morgan fingerprint density at radius 1 is 0.893 bits per heavy atom. The normalized spacial score (nSPS) is 15.9. The van der Waals surface area contributed by atoms with Crippen molar-refractivity contribution in [1.82, 2.24) is 5.01 Å². The third-order valence-electron chi connectivity index (χ3n) is 4.94. The number of rotatable bonds is 6. The van der Waals surface area contributed by atoms with Crippen molar-refractivity contribution in [2.24, 2.45) is 5.10 Å². The van der Waals surface area contributed by atoms with Crippen molar-refractivity contribution in [2.45, 2.75) is 12.5 Å². The molecular weight excluding hydrogens is 348 g/mol. The first-order valence-corrected chi connectivity index (χ1v) is 9.35. The second-order valence-corrected chi connectivity index (χ2v) is 6.81. The first-order chi connectivity index (χ1) is 13.7. The predicted octanol–water partition coefficient (Wildman–Crippen LogP) is 4.92. The van der Waals surface area contributed by atoms with Gasteiger partial charge in [-0.25, -0.2) is 0 Å². The summed E-state index contributed by atoms with van der Waals surface area (Å²) in [5.74, 6) is 0.876. The predicted molar refractivity (Wildman–Crippen MR) is 115 cm³/mol. The van der Waals surface area contributed by atoms with Gasteiger partial charge in [0.1, 0.15) is 5.75 Å². The lowest BCUT2D eigenvalue weighted by atomic mass is 9.98. The summed E-state index contributed by atoms with van der Waals surface area (Å²) in [7, 11) is 3.72. The zero-order chi connectivity index (χ0) is 19.3. The van der Waals surface area contributed by atoms with Gasteiger partial charge in [-0.05, 0) is 47.5 Å². The zero-order valence-corrected chi connectivity index (χ0v) is 16.1. The number of benzene rings is 3. The Labute approximate surface area is 165 Å². The quantitative estimate of drug-likeness (QED) is 0.603. The van der Waals surface area contributed by atoms with Crippen molar-refractivity contribution >= 4 is 17.1 Å². The number of ether oxygens (including phenoxy) is 1. The van der Waals surface area contributed by atoms with E-state index in [0.717, 1.165) is 34.8 Å². The van der Waals surface area contributed by atoms with Crippen LogP contribution in [0.5, 0.6) is 5.75 Å². The summed E-state index contributed by atoms with van der Waals surface area (Å²) in [5, 5.41) is 6.80. The van der Waals surface area contributed by atoms with Gasteiger partial charge in [-0.15, -0.1) is 0 Å². The van der Waals surface area contributed by atoms with Crippen LogP contribution >= 0.6 is 0 Å². The van der Waals surface area contributed by atoms with Gasteiger partial charge in [-0.1, -0.05) is 42.5 Å². The molecule has 28 heavy (non-hydrogen) atoms. The van der Waals surface area contributed by atoms with Crippen molar-refractivity contribution in [1.29, 1.82) is 0 Å². The molecule has 0 spiro atoms. The van der Waals surface area contributed by atoms with E-state index < -0.39 is 0 Å². The molecule has 0 saturated carbocycles. The van der Waals surface area contributed by atoms with Crippen LogP contribution in [0, 0.1) is 0 Å². The molecule has 1 heterocycles. The molecule has 1 unspecified atom stereocenters. The second kappa shape index (κ2) is 8.05. The molecule has 5 heteroatoms. The summed E-state index contributed by atoms with van der Waals surface area (Å²) >= 11 is 0. The highest BCUT2D eigenvalue weighted by Gasteiger charge is 2.26. The molecule has 142 valence electrons. The highest BCUT2D eigenvalue weighted by molar-refractivity contribution is 6.02. The van der Waals surface area contributed by atoms with Crippen molar-refractivity contribution in [2.75, 3.05) is 25.0 Å². The Morgan fingerprint density at radius 2 is 1.61 bits per heavy atom. The number of nitrogens with one attached hydrogen (secondary N) is 2. The van der Waals surface area contributed by atoms with Crippen LogP contribution in [0.1, 0.15) is 23.6 Å². The van der Waals surface area contributed by atoms with Gasteiger partial charge in [-0.2, -0.15) is 5.10 Å². The van der Waals surface area contributed by atoms with Crippen LogP contribution in [-0.4, -0.2) is 24.9 Å². The molecule has 1 aliphatic heterocycles. The van der Waals surface area contributed by atoms with Crippen molar-refractivity contribution in [3.05, 3.63) is 90.0 Å². The third kappa shape index (κ3) is 3.93. The second-order valence-electron chi connectivity index (χ2n) is 6.81. The third-order valence-corrected chi connectivity index (χ3v) is 4.94. The van der Waals surface area contributed by atoms with Crippen LogP contribution in [0.15, 0.2) is 84.0 Å². The molecule has 2 N–H and O–H groups in total. The fourth-order valence-electron chi connectivity index (χ4n) is 3.39. The van der Waals surface area contributed by atoms with Gasteiger partial charge in [0, 0.05) is 13.5 Å². The average Bonchev–Trinajstić information content (AvgIpc) is 3.15. The maximum absolute atomic E-state index is 5.36. The monoisotopic (exact) mass is 372 g/mol. The lowest BCUT2D eigenvalue weighted by Gasteiger charge is -2.19. The number of hydrogen-bond donors (Lipinski definition) is 2. The first-order valence-electron chi connectivity index (χ1n) is 9.35. The van der Waals surface area contributed by atoms with Gasteiger partial charge in [0.2, 0.25) is 0 Å². The Balaban J connectivity index is 1.42. The molecule has 0 amide bonds. The fraction of sp³-hybridized carbons (Fsp3) is 0.174. The molecule has 5 nitrogen and oxygen atoms in total. The first kappa shape index (κ1) is 17.9. The summed E-state index contributed by atoms with van der Waals surface area (Å²) in [6, 6.07) is 26.8. The minimum atomic E-state index is 0.225. The van der Waals surface area contributed by atoms with E-state index in [1.165, 1.54) is 5.56 Å². The van der Waals surface area contributed by atoms with Crippen molar-refractivity contribution in [3.63, 3.8) is 0 Å². The highest BCUT2D eigenvalue weighted by Crippen LogP contribution is 2.32. The summed E-state index contributed by atoms with van der Waals surface area (Å²) in [6.45, 7) is 0. The lowest BCUT2D eigenvalue weighted by Crippen LogP contribution is -2.13. The lowest BCUT2D eigenvalue weighted by molar-refractivity contribution is 0.289. The molecule has 4 rings (SSSR count). The molecule has 0 aromatic heterocycles. The van der Waals surface area contributed by atoms with E-state index in [1.54, 1.807) is 7.11 Å². The van der Waals surface area contributed by atoms with Crippen molar-refractivity contribution in [3.8, 4) is 5.75 Å². The zero-order valence-electron chi connectivity index (χ0n) is 16.1. The number of nitrogens with zero attached hydrogens (tertiary/aromatic N) is 2. The average molecular weight is 372 g/mol. The Hall–Kier alpha value is -3.47. The van der Waals surface area contributed by atoms with Crippen LogP contribution in [-0.2, 0) is 0 Å². The Morgan fingerprint density at radius 3 is 2.32 bits per heavy atom. The minimum Gasteiger partial charge on any atom is -0.497 e. The summed E-state index contributed by atoms with van der Waals surface area (Å²) in [5.41, 5.74) is 11.9. The molecule has 1 aliphatic rings. The van der Waals surface area contributed by atoms with Crippen LogP contribution in [0.2, 0.25) is 0 Å². The summed E-state index contributed by atoms with van der Waals surface area (Å²) < 4.78 is 5.36. The van der Waals surface area contributed by atoms with E-state index in [9.17, 15) is 0 Å². The maximum atomic E-state index is 5.36. The molecule has 1 atom stereocenters. The highest BCUT2D eigenvalue weighted by atomic mass is 16.5. The molecule has 0 bridgehead atoms. The fourth-order valence-corrected chi connectivity index (χ4v) is 3.39. The van der Waals surface area contributed by atoms with Crippen LogP contribution in [0.25, 0.3) is 0 Å². The number of hydrogen-bond acceptors (Lipinski definition) is 5. The van der Waals surface area contributed by atoms with Gasteiger partial charge >= 0.3 is 0 Å². The van der Waals surface area contributed by atoms with E-state index in [1.807, 2.05) is 54.5 Å². The van der Waals surface area contributed by atoms with E-state index in [-0.39, 0.29) is 6.04 Å². The van der Waals surface area contributed by atoms with Gasteiger partial charge in [0.05, 0.1) is 30.2 Å². The maximum Gasteiger partial charge on any atom is 0.119 e. The van der Waals surface area contributed by atoms with Crippen LogP contribution in [0.4, 0.5) is 11.4 Å². The summed E-state index contributed by atoms with van der Waals surface area (Å²) in [4.78, 5) is 0. The topological polar surface area (TPSA) is 48.9 Å². The van der Waals surface area contributed by atoms with E-state index in [2.05, 4.69) is 47.2 Å². The SMILES string of the molecule is COc1cccc(C2CC(c3ccc(NNc4ccccc4)cc3)=NN2C)c1. The molecular formula is C23H24N4O. The van der Waals surface area contributed by atoms with Gasteiger partial charge < -0.3 is 15.6 Å². The Bertz CT molecular complexity index is 954. The molecule has 3 aromatic rings. The van der Waals surface area contributed by atoms with E-state index >= 15 is 0 Å². The van der Waals surface area contributed by atoms with E-state index in [0.29, 0.717) is 0 Å². The van der Waals surface area contributed by atoms with Crippen LogP contribution in [0.3, 0.4) is 0 Å².